The van der Waals surface area contributed by atoms with Gasteiger partial charge in [0.25, 0.3) is 0 Å². The Labute approximate surface area is 164 Å². The van der Waals surface area contributed by atoms with Gasteiger partial charge in [0, 0.05) is 23.6 Å². The van der Waals surface area contributed by atoms with Gasteiger partial charge in [-0.3, -0.25) is 4.79 Å². The van der Waals surface area contributed by atoms with E-state index in [2.05, 4.69) is 41.7 Å². The second-order valence-corrected chi connectivity index (χ2v) is 7.76. The van der Waals surface area contributed by atoms with Gasteiger partial charge in [-0.15, -0.1) is 0 Å². The van der Waals surface area contributed by atoms with Crippen LogP contribution in [0.4, 0.5) is 5.88 Å². The van der Waals surface area contributed by atoms with E-state index < -0.39 is 0 Å². The largest absolute Gasteiger partial charge is 0.338 e. The summed E-state index contributed by atoms with van der Waals surface area (Å²) in [4.78, 5) is 13.4. The number of carbonyl (C=O) groups excluding carboxylic acids is 1. The topological polar surface area (TPSA) is 55.1 Å². The average Bonchev–Trinajstić information content (AvgIpc) is 3.08. The van der Waals surface area contributed by atoms with Crippen molar-refractivity contribution in [3.05, 3.63) is 93.8 Å². The molecule has 2 heterocycles. The minimum atomic E-state index is -0.122. The first kappa shape index (κ1) is 17.0. The fourth-order valence-electron chi connectivity index (χ4n) is 4.66. The summed E-state index contributed by atoms with van der Waals surface area (Å²) in [7, 11) is 0. The maximum Gasteiger partial charge on any atom is 0.233 e. The summed E-state index contributed by atoms with van der Waals surface area (Å²) in [6, 6.07) is 18.6. The number of aryl methyl sites for hydroxylation is 2. The van der Waals surface area contributed by atoms with Crippen molar-refractivity contribution in [2.75, 3.05) is 5.32 Å². The molecule has 4 heteroatoms. The smallest absolute Gasteiger partial charge is 0.233 e. The number of aromatic nitrogens is 1. The molecule has 3 aromatic rings. The highest BCUT2D eigenvalue weighted by molar-refractivity contribution is 6.01. The first-order valence-electron chi connectivity index (χ1n) is 9.73. The number of nitrogens with zero attached hydrogens (tertiary/aromatic N) is 1. The van der Waals surface area contributed by atoms with Crippen molar-refractivity contribution in [3.63, 3.8) is 0 Å². The summed E-state index contributed by atoms with van der Waals surface area (Å²) in [5.74, 6) is 0.944. The van der Waals surface area contributed by atoms with Gasteiger partial charge in [-0.1, -0.05) is 59.8 Å². The highest BCUT2D eigenvalue weighted by atomic mass is 16.5. The number of hydrogen-bond donors (Lipinski definition) is 1. The molecule has 1 N–H and O–H groups in total. The van der Waals surface area contributed by atoms with Crippen LogP contribution >= 0.6 is 0 Å². The third-order valence-electron chi connectivity index (χ3n) is 6.03. The SMILES string of the molecule is Cc1ccccc1[C@H]1C2=C(C[C@@H](c3ccccc3)CC2=O)Nc2onc(C)c21. The third kappa shape index (κ3) is 2.60. The maximum atomic E-state index is 13.4. The van der Waals surface area contributed by atoms with Gasteiger partial charge in [0.15, 0.2) is 5.78 Å². The van der Waals surface area contributed by atoms with Crippen molar-refractivity contribution in [2.24, 2.45) is 0 Å². The van der Waals surface area contributed by atoms with Gasteiger partial charge in [-0.2, -0.15) is 0 Å². The molecular weight excluding hydrogens is 348 g/mol. The molecule has 1 aromatic heterocycles. The molecule has 0 spiro atoms. The van der Waals surface area contributed by atoms with Gasteiger partial charge < -0.3 is 9.84 Å². The molecule has 28 heavy (non-hydrogen) atoms. The summed E-state index contributed by atoms with van der Waals surface area (Å²) in [5, 5.41) is 7.59. The van der Waals surface area contributed by atoms with E-state index in [1.165, 1.54) is 11.1 Å². The van der Waals surface area contributed by atoms with E-state index in [9.17, 15) is 4.79 Å². The highest BCUT2D eigenvalue weighted by Crippen LogP contribution is 2.49. The van der Waals surface area contributed by atoms with Crippen LogP contribution in [0, 0.1) is 13.8 Å². The van der Waals surface area contributed by atoms with Gasteiger partial charge in [0.05, 0.1) is 11.3 Å². The molecule has 0 amide bonds. The van der Waals surface area contributed by atoms with Gasteiger partial charge in [-0.25, -0.2) is 0 Å². The second kappa shape index (κ2) is 6.48. The standard InChI is InChI=1S/C24H22N2O2/c1-14-8-6-7-11-18(14)22-21-15(2)26-28-24(21)25-19-12-17(13-20(27)23(19)22)16-9-4-3-5-10-16/h3-11,17,22,25H,12-13H2,1-2H3/t17-,22-/m1/s1. The molecule has 5 rings (SSSR count). The van der Waals surface area contributed by atoms with Crippen LogP contribution in [0.3, 0.4) is 0 Å². The van der Waals surface area contributed by atoms with E-state index >= 15 is 0 Å². The lowest BCUT2D eigenvalue weighted by Gasteiger charge is -2.35. The Balaban J connectivity index is 1.66. The molecule has 0 saturated carbocycles. The molecule has 4 nitrogen and oxygen atoms in total. The Bertz CT molecular complexity index is 1090. The minimum Gasteiger partial charge on any atom is -0.338 e. The first-order chi connectivity index (χ1) is 13.6. The molecule has 0 saturated heterocycles. The Hall–Kier alpha value is -3.14. The van der Waals surface area contributed by atoms with Crippen LogP contribution < -0.4 is 5.32 Å². The zero-order valence-corrected chi connectivity index (χ0v) is 16.0. The normalized spacial score (nSPS) is 21.1. The molecule has 140 valence electrons. The number of rotatable bonds is 2. The summed E-state index contributed by atoms with van der Waals surface area (Å²) < 4.78 is 5.60. The minimum absolute atomic E-state index is 0.122. The molecule has 1 aliphatic carbocycles. The highest BCUT2D eigenvalue weighted by Gasteiger charge is 2.41. The number of Topliss-reactive ketones (excluding diaryl/α,β-unsaturated/α-hetero) is 1. The number of carbonyl (C=O) groups is 1. The molecular formula is C24H22N2O2. The fourth-order valence-corrected chi connectivity index (χ4v) is 4.66. The Morgan fingerprint density at radius 2 is 1.75 bits per heavy atom. The van der Waals surface area contributed by atoms with Crippen LogP contribution in [-0.4, -0.2) is 10.9 Å². The number of nitrogens with one attached hydrogen (secondary N) is 1. The lowest BCUT2D eigenvalue weighted by Crippen LogP contribution is -2.29. The van der Waals surface area contributed by atoms with Crippen molar-refractivity contribution in [2.45, 2.75) is 38.5 Å². The van der Waals surface area contributed by atoms with E-state index in [0.29, 0.717) is 12.3 Å². The number of hydrogen-bond acceptors (Lipinski definition) is 4. The van der Waals surface area contributed by atoms with Crippen LogP contribution in [0.5, 0.6) is 0 Å². The number of benzene rings is 2. The Kier molecular flexibility index (Phi) is 3.93. The van der Waals surface area contributed by atoms with E-state index in [0.717, 1.165) is 34.5 Å². The summed E-state index contributed by atoms with van der Waals surface area (Å²) in [6.45, 7) is 4.04. The number of ketones is 1. The second-order valence-electron chi connectivity index (χ2n) is 7.76. The third-order valence-corrected chi connectivity index (χ3v) is 6.03. The first-order valence-corrected chi connectivity index (χ1v) is 9.73. The van der Waals surface area contributed by atoms with E-state index in [1.54, 1.807) is 0 Å². The van der Waals surface area contributed by atoms with Crippen molar-refractivity contribution < 1.29 is 9.32 Å². The van der Waals surface area contributed by atoms with Crippen LogP contribution in [0.15, 0.2) is 70.4 Å². The Morgan fingerprint density at radius 1 is 1.00 bits per heavy atom. The molecule has 0 unspecified atom stereocenters. The zero-order chi connectivity index (χ0) is 19.3. The average molecular weight is 370 g/mol. The zero-order valence-electron chi connectivity index (χ0n) is 16.0. The quantitative estimate of drug-likeness (QED) is 0.669. The number of fused-ring (bicyclic) bond motifs is 1. The van der Waals surface area contributed by atoms with Crippen LogP contribution in [0.25, 0.3) is 0 Å². The summed E-state index contributed by atoms with van der Waals surface area (Å²) in [5.41, 5.74) is 7.19. The van der Waals surface area contributed by atoms with Crippen molar-refractivity contribution >= 4 is 11.7 Å². The molecule has 0 fully saturated rings. The molecule has 0 radical (unpaired) electrons. The fraction of sp³-hybridized carbons (Fsp3) is 0.250. The number of anilines is 1. The summed E-state index contributed by atoms with van der Waals surface area (Å²) >= 11 is 0. The molecule has 2 atom stereocenters. The molecule has 2 aromatic carbocycles. The predicted molar refractivity (Wildman–Crippen MR) is 108 cm³/mol. The predicted octanol–water partition coefficient (Wildman–Crippen LogP) is 5.25. The Morgan fingerprint density at radius 3 is 2.54 bits per heavy atom. The monoisotopic (exact) mass is 370 g/mol. The van der Waals surface area contributed by atoms with Gasteiger partial charge in [-0.05, 0) is 42.9 Å². The maximum absolute atomic E-state index is 13.4. The van der Waals surface area contributed by atoms with Gasteiger partial charge >= 0.3 is 0 Å². The summed E-state index contributed by atoms with van der Waals surface area (Å²) in [6.07, 6.45) is 1.33. The number of allylic oxidation sites excluding steroid dienone is 2. The molecule has 2 aliphatic rings. The van der Waals surface area contributed by atoms with Crippen molar-refractivity contribution in [1.29, 1.82) is 0 Å². The van der Waals surface area contributed by atoms with Crippen LogP contribution in [0.1, 0.15) is 52.6 Å². The van der Waals surface area contributed by atoms with Crippen molar-refractivity contribution in [3.8, 4) is 0 Å². The lowest BCUT2D eigenvalue weighted by molar-refractivity contribution is -0.116. The van der Waals surface area contributed by atoms with E-state index in [1.807, 2.05) is 37.3 Å². The van der Waals surface area contributed by atoms with Crippen LogP contribution in [0.2, 0.25) is 0 Å². The lowest BCUT2D eigenvalue weighted by atomic mass is 9.72. The molecule has 0 bridgehead atoms. The van der Waals surface area contributed by atoms with Crippen molar-refractivity contribution in [1.82, 2.24) is 5.16 Å². The van der Waals surface area contributed by atoms with Gasteiger partial charge in [0.1, 0.15) is 0 Å². The van der Waals surface area contributed by atoms with E-state index in [4.69, 9.17) is 4.52 Å². The van der Waals surface area contributed by atoms with E-state index in [-0.39, 0.29) is 17.6 Å². The van der Waals surface area contributed by atoms with Gasteiger partial charge in [0.2, 0.25) is 5.88 Å². The molecule has 1 aliphatic heterocycles. The van der Waals surface area contributed by atoms with Crippen LogP contribution in [-0.2, 0) is 4.79 Å².